The van der Waals surface area contributed by atoms with Crippen molar-refractivity contribution in [2.45, 2.75) is 31.2 Å². The highest BCUT2D eigenvalue weighted by Crippen LogP contribution is 2.27. The van der Waals surface area contributed by atoms with E-state index in [0.29, 0.717) is 13.1 Å². The van der Waals surface area contributed by atoms with Crippen molar-refractivity contribution < 1.29 is 14.4 Å². The molecule has 2 heterocycles. The maximum absolute atomic E-state index is 12.0. The lowest BCUT2D eigenvalue weighted by Gasteiger charge is -2.35. The molecule has 3 atom stereocenters. The molecule has 2 rings (SSSR count). The number of piperidine rings is 1. The Hall–Kier alpha value is -1.30. The number of halogens is 1. The fourth-order valence-electron chi connectivity index (χ4n) is 2.48. The van der Waals surface area contributed by atoms with Gasteiger partial charge in [0.25, 0.3) is 0 Å². The summed E-state index contributed by atoms with van der Waals surface area (Å²) in [5.74, 6) is -0.663. The SMILES string of the molecule is CC(Cl)C(=O)NC(=O)N1CCCC2C(=O)NCC21. The predicted octanol–water partition coefficient (Wildman–Crippen LogP) is 0.0603. The zero-order valence-electron chi connectivity index (χ0n) is 10.1. The number of amides is 4. The van der Waals surface area contributed by atoms with Crippen molar-refractivity contribution in [1.29, 1.82) is 0 Å². The van der Waals surface area contributed by atoms with Crippen molar-refractivity contribution in [2.24, 2.45) is 5.92 Å². The zero-order chi connectivity index (χ0) is 13.3. The number of imide groups is 1. The van der Waals surface area contributed by atoms with Crippen molar-refractivity contribution in [2.75, 3.05) is 13.1 Å². The molecular weight excluding hydrogens is 258 g/mol. The van der Waals surface area contributed by atoms with E-state index in [1.54, 1.807) is 4.90 Å². The quantitative estimate of drug-likeness (QED) is 0.663. The molecular formula is C11H16ClN3O3. The van der Waals surface area contributed by atoms with E-state index in [1.807, 2.05) is 0 Å². The molecule has 3 unspecified atom stereocenters. The van der Waals surface area contributed by atoms with Gasteiger partial charge >= 0.3 is 6.03 Å². The van der Waals surface area contributed by atoms with Crippen molar-refractivity contribution in [3.8, 4) is 0 Å². The Balaban J connectivity index is 2.02. The average molecular weight is 274 g/mol. The zero-order valence-corrected chi connectivity index (χ0v) is 10.9. The minimum atomic E-state index is -0.752. The Morgan fingerprint density at radius 3 is 2.94 bits per heavy atom. The molecule has 0 aromatic heterocycles. The second-order valence-electron chi connectivity index (χ2n) is 4.67. The largest absolute Gasteiger partial charge is 0.354 e. The van der Waals surface area contributed by atoms with E-state index in [0.717, 1.165) is 12.8 Å². The highest BCUT2D eigenvalue weighted by atomic mass is 35.5. The van der Waals surface area contributed by atoms with E-state index >= 15 is 0 Å². The molecule has 2 fully saturated rings. The summed E-state index contributed by atoms with van der Waals surface area (Å²) in [4.78, 5) is 36.4. The smallest absolute Gasteiger partial charge is 0.324 e. The number of hydrogen-bond donors (Lipinski definition) is 2. The standard InChI is InChI=1S/C11H16ClN3O3/c1-6(12)9(16)14-11(18)15-4-2-3-7-8(15)5-13-10(7)17/h6-8H,2-5H2,1H3,(H,13,17)(H,14,16,18). The van der Waals surface area contributed by atoms with Crippen LogP contribution >= 0.6 is 11.6 Å². The number of hydrogen-bond acceptors (Lipinski definition) is 3. The highest BCUT2D eigenvalue weighted by molar-refractivity contribution is 6.31. The molecule has 0 bridgehead atoms. The van der Waals surface area contributed by atoms with E-state index in [4.69, 9.17) is 11.6 Å². The minimum absolute atomic E-state index is 0.00506. The third-order valence-corrected chi connectivity index (χ3v) is 3.65. The Labute approximate surface area is 110 Å². The second kappa shape index (κ2) is 5.14. The van der Waals surface area contributed by atoms with Gasteiger partial charge in [-0.3, -0.25) is 14.9 Å². The van der Waals surface area contributed by atoms with E-state index in [2.05, 4.69) is 10.6 Å². The van der Waals surface area contributed by atoms with Crippen LogP contribution in [0, 0.1) is 5.92 Å². The van der Waals surface area contributed by atoms with Crippen LogP contribution in [0.5, 0.6) is 0 Å². The molecule has 100 valence electrons. The van der Waals surface area contributed by atoms with Gasteiger partial charge in [-0.15, -0.1) is 11.6 Å². The minimum Gasteiger partial charge on any atom is -0.354 e. The summed E-state index contributed by atoms with van der Waals surface area (Å²) in [6, 6.07) is -0.608. The third-order valence-electron chi connectivity index (χ3n) is 3.45. The molecule has 0 aliphatic carbocycles. The van der Waals surface area contributed by atoms with Crippen LogP contribution in [0.4, 0.5) is 4.79 Å². The van der Waals surface area contributed by atoms with Crippen molar-refractivity contribution in [1.82, 2.24) is 15.5 Å². The van der Waals surface area contributed by atoms with E-state index < -0.39 is 17.3 Å². The molecule has 6 nitrogen and oxygen atoms in total. The maximum atomic E-state index is 12.0. The van der Waals surface area contributed by atoms with Crippen molar-refractivity contribution in [3.05, 3.63) is 0 Å². The molecule has 2 N–H and O–H groups in total. The molecule has 0 aromatic rings. The van der Waals surface area contributed by atoms with E-state index in [1.165, 1.54) is 6.92 Å². The predicted molar refractivity (Wildman–Crippen MR) is 65.1 cm³/mol. The van der Waals surface area contributed by atoms with Gasteiger partial charge in [-0.1, -0.05) is 0 Å². The van der Waals surface area contributed by atoms with Gasteiger partial charge in [-0.05, 0) is 19.8 Å². The summed E-state index contributed by atoms with van der Waals surface area (Å²) in [6.07, 6.45) is 1.56. The van der Waals surface area contributed by atoms with Gasteiger partial charge in [0.15, 0.2) is 0 Å². The first-order valence-electron chi connectivity index (χ1n) is 6.04. The fraction of sp³-hybridized carbons (Fsp3) is 0.727. The van der Waals surface area contributed by atoms with Crippen LogP contribution in [0.25, 0.3) is 0 Å². The lowest BCUT2D eigenvalue weighted by atomic mass is 9.92. The molecule has 0 aromatic carbocycles. The summed E-state index contributed by atoms with van der Waals surface area (Å²) in [6.45, 7) is 2.53. The number of carbonyl (C=O) groups excluding carboxylic acids is 3. The molecule has 2 aliphatic heterocycles. The summed E-state index contributed by atoms with van der Waals surface area (Å²) in [5.41, 5.74) is 0. The van der Waals surface area contributed by atoms with Gasteiger partial charge in [-0.25, -0.2) is 4.79 Å². The molecule has 4 amide bonds. The lowest BCUT2D eigenvalue weighted by molar-refractivity contribution is -0.123. The van der Waals surface area contributed by atoms with Crippen LogP contribution in [-0.2, 0) is 9.59 Å². The molecule has 7 heteroatoms. The van der Waals surface area contributed by atoms with Gasteiger partial charge in [0.1, 0.15) is 5.38 Å². The molecule has 18 heavy (non-hydrogen) atoms. The van der Waals surface area contributed by atoms with Gasteiger partial charge in [-0.2, -0.15) is 0 Å². The number of urea groups is 1. The Kier molecular flexibility index (Phi) is 3.75. The number of carbonyl (C=O) groups is 3. The van der Waals surface area contributed by atoms with Gasteiger partial charge in [0.2, 0.25) is 11.8 Å². The first kappa shape index (κ1) is 13.1. The number of rotatable bonds is 1. The van der Waals surface area contributed by atoms with Gasteiger partial charge < -0.3 is 10.2 Å². The van der Waals surface area contributed by atoms with E-state index in [9.17, 15) is 14.4 Å². The molecule has 0 saturated carbocycles. The monoisotopic (exact) mass is 273 g/mol. The number of nitrogens with zero attached hydrogens (tertiary/aromatic N) is 1. The molecule has 0 spiro atoms. The van der Waals surface area contributed by atoms with Crippen LogP contribution in [0.2, 0.25) is 0 Å². The van der Waals surface area contributed by atoms with Gasteiger partial charge in [0, 0.05) is 13.1 Å². The second-order valence-corrected chi connectivity index (χ2v) is 5.32. The van der Waals surface area contributed by atoms with Crippen LogP contribution in [-0.4, -0.2) is 47.3 Å². The number of nitrogens with one attached hydrogen (secondary N) is 2. The summed E-state index contributed by atoms with van der Waals surface area (Å²) >= 11 is 5.60. The molecule has 2 saturated heterocycles. The van der Waals surface area contributed by atoms with Crippen LogP contribution in [0.15, 0.2) is 0 Å². The molecule has 2 aliphatic rings. The average Bonchev–Trinajstić information content (AvgIpc) is 2.71. The maximum Gasteiger partial charge on any atom is 0.324 e. The first-order chi connectivity index (χ1) is 8.50. The number of fused-ring (bicyclic) bond motifs is 1. The molecule has 0 radical (unpaired) electrons. The van der Waals surface area contributed by atoms with Crippen LogP contribution < -0.4 is 10.6 Å². The van der Waals surface area contributed by atoms with E-state index in [-0.39, 0.29) is 17.9 Å². The summed E-state index contributed by atoms with van der Waals surface area (Å²) in [7, 11) is 0. The number of likely N-dealkylation sites (tertiary alicyclic amines) is 1. The summed E-state index contributed by atoms with van der Waals surface area (Å²) < 4.78 is 0. The number of alkyl halides is 1. The Morgan fingerprint density at radius 2 is 2.28 bits per heavy atom. The Morgan fingerprint density at radius 1 is 1.56 bits per heavy atom. The van der Waals surface area contributed by atoms with Crippen LogP contribution in [0.1, 0.15) is 19.8 Å². The van der Waals surface area contributed by atoms with Gasteiger partial charge in [0.05, 0.1) is 12.0 Å². The normalized spacial score (nSPS) is 28.3. The summed E-state index contributed by atoms with van der Waals surface area (Å²) in [5, 5.41) is 4.25. The topological polar surface area (TPSA) is 78.5 Å². The highest BCUT2D eigenvalue weighted by Gasteiger charge is 2.42. The van der Waals surface area contributed by atoms with Crippen LogP contribution in [0.3, 0.4) is 0 Å². The lowest BCUT2D eigenvalue weighted by Crippen LogP contribution is -2.54. The van der Waals surface area contributed by atoms with Crippen molar-refractivity contribution in [3.63, 3.8) is 0 Å². The Bertz CT molecular complexity index is 386. The fourth-order valence-corrected chi connectivity index (χ4v) is 2.53. The van der Waals surface area contributed by atoms with Crippen molar-refractivity contribution >= 4 is 29.4 Å². The first-order valence-corrected chi connectivity index (χ1v) is 6.47. The third kappa shape index (κ3) is 2.43.